The lowest BCUT2D eigenvalue weighted by Crippen LogP contribution is -2.51. The molecule has 9 nitrogen and oxygen atoms in total. The number of carbonyl (C=O) groups excluding carboxylic acids is 2. The van der Waals surface area contributed by atoms with E-state index in [4.69, 9.17) is 9.47 Å². The molecule has 2 bridgehead atoms. The Morgan fingerprint density at radius 1 is 1.05 bits per heavy atom. The topological polar surface area (TPSA) is 138 Å². The smallest absolute Gasteiger partial charge is 0.309 e. The van der Waals surface area contributed by atoms with E-state index in [1.807, 2.05) is 0 Å². The monoisotopic (exact) mass is 551 g/mol. The van der Waals surface area contributed by atoms with Crippen LogP contribution in [0.4, 0.5) is 0 Å². The van der Waals surface area contributed by atoms with Gasteiger partial charge in [-0.1, -0.05) is 13.3 Å². The normalized spacial score (nSPS) is 31.9. The number of benzene rings is 1. The standard InChI is InChI=1S/C31H41N3O6/c1-30(9-4-10-30)17-33-28(36)25-18-5-6-19(13-18)26(25)34-27(35)22-15-23(20(16-32)14-24(22)39-3)40-21-7-11-31(2,12-8-21)29(37)38/h14-15,18-19,21,25-26H,4-13,17H2,1-3H3,(H,33,36)(H,34,35)(H,37,38). The van der Waals surface area contributed by atoms with Crippen molar-refractivity contribution in [2.45, 2.75) is 90.2 Å². The van der Waals surface area contributed by atoms with E-state index < -0.39 is 11.4 Å². The maximum Gasteiger partial charge on any atom is 0.309 e. The van der Waals surface area contributed by atoms with E-state index in [2.05, 4.69) is 23.6 Å². The number of nitriles is 1. The molecule has 4 saturated carbocycles. The van der Waals surface area contributed by atoms with Gasteiger partial charge in [-0.05, 0) is 88.0 Å². The van der Waals surface area contributed by atoms with E-state index in [0.717, 1.165) is 32.1 Å². The number of fused-ring (bicyclic) bond motifs is 2. The van der Waals surface area contributed by atoms with Gasteiger partial charge in [-0.15, -0.1) is 0 Å². The van der Waals surface area contributed by atoms with Crippen LogP contribution in [-0.4, -0.2) is 48.7 Å². The molecule has 0 heterocycles. The van der Waals surface area contributed by atoms with Gasteiger partial charge in [0, 0.05) is 18.7 Å². The Balaban J connectivity index is 1.31. The van der Waals surface area contributed by atoms with Gasteiger partial charge < -0.3 is 25.2 Å². The second-order valence-corrected chi connectivity index (χ2v) is 13.1. The van der Waals surface area contributed by atoms with Crippen LogP contribution in [0.5, 0.6) is 11.5 Å². The molecule has 0 aliphatic heterocycles. The molecule has 3 N–H and O–H groups in total. The fourth-order valence-electron chi connectivity index (χ4n) is 7.31. The summed E-state index contributed by atoms with van der Waals surface area (Å²) in [5.41, 5.74) is -0.0848. The summed E-state index contributed by atoms with van der Waals surface area (Å²) < 4.78 is 11.7. The Morgan fingerprint density at radius 3 is 2.35 bits per heavy atom. The molecule has 0 aromatic heterocycles. The molecule has 4 unspecified atom stereocenters. The summed E-state index contributed by atoms with van der Waals surface area (Å²) in [6, 6.07) is 4.94. The highest BCUT2D eigenvalue weighted by atomic mass is 16.5. The lowest BCUT2D eigenvalue weighted by Gasteiger charge is -2.39. The second-order valence-electron chi connectivity index (χ2n) is 13.1. The van der Waals surface area contributed by atoms with Crippen molar-refractivity contribution in [2.24, 2.45) is 28.6 Å². The molecular weight excluding hydrogens is 510 g/mol. The molecule has 40 heavy (non-hydrogen) atoms. The predicted octanol–water partition coefficient (Wildman–Crippen LogP) is 4.43. The van der Waals surface area contributed by atoms with Crippen molar-refractivity contribution < 1.29 is 29.0 Å². The molecule has 0 radical (unpaired) electrons. The second kappa shape index (κ2) is 10.9. The molecule has 216 valence electrons. The first kappa shape index (κ1) is 28.3. The van der Waals surface area contributed by atoms with Crippen LogP contribution < -0.4 is 20.1 Å². The number of nitrogens with one attached hydrogen (secondary N) is 2. The number of hydrogen-bond donors (Lipinski definition) is 3. The highest BCUT2D eigenvalue weighted by molar-refractivity contribution is 5.98. The Morgan fingerprint density at radius 2 is 1.75 bits per heavy atom. The number of carbonyl (C=O) groups is 3. The van der Waals surface area contributed by atoms with Crippen molar-refractivity contribution in [3.05, 3.63) is 23.3 Å². The van der Waals surface area contributed by atoms with Crippen LogP contribution >= 0.6 is 0 Å². The average molecular weight is 552 g/mol. The van der Waals surface area contributed by atoms with Gasteiger partial charge in [0.1, 0.15) is 17.6 Å². The number of aliphatic carboxylic acids is 1. The van der Waals surface area contributed by atoms with Gasteiger partial charge in [0.05, 0.1) is 35.7 Å². The summed E-state index contributed by atoms with van der Waals surface area (Å²) in [5.74, 6) is -0.293. The lowest BCUT2D eigenvalue weighted by molar-refractivity contribution is -0.150. The van der Waals surface area contributed by atoms with Crippen LogP contribution in [0.2, 0.25) is 0 Å². The molecule has 0 saturated heterocycles. The first-order chi connectivity index (χ1) is 19.1. The first-order valence-electron chi connectivity index (χ1n) is 14.7. The molecule has 4 atom stereocenters. The number of ether oxygens (including phenoxy) is 2. The lowest BCUT2D eigenvalue weighted by atomic mass is 9.70. The predicted molar refractivity (Wildman–Crippen MR) is 147 cm³/mol. The molecular formula is C31H41N3O6. The molecule has 0 spiro atoms. The zero-order valence-corrected chi connectivity index (χ0v) is 23.8. The van der Waals surface area contributed by atoms with Crippen molar-refractivity contribution >= 4 is 17.8 Å². The Bertz CT molecular complexity index is 1210. The number of carboxylic acids is 1. The number of hydrogen-bond acceptors (Lipinski definition) is 6. The SMILES string of the molecule is COc1cc(C#N)c(OC2CCC(C)(C(=O)O)CC2)cc1C(=O)NC1C2CCC(C2)C1C(=O)NCC1(C)CCC1. The van der Waals surface area contributed by atoms with E-state index in [1.165, 1.54) is 19.6 Å². The minimum Gasteiger partial charge on any atom is -0.496 e. The van der Waals surface area contributed by atoms with Crippen molar-refractivity contribution in [3.8, 4) is 17.6 Å². The number of amides is 2. The molecule has 2 amide bonds. The highest BCUT2D eigenvalue weighted by Crippen LogP contribution is 2.49. The van der Waals surface area contributed by atoms with Crippen LogP contribution in [0.25, 0.3) is 0 Å². The third-order valence-electron chi connectivity index (χ3n) is 10.3. The minimum absolute atomic E-state index is 0.0344. The first-order valence-corrected chi connectivity index (χ1v) is 14.7. The average Bonchev–Trinajstić information content (AvgIpc) is 3.53. The largest absolute Gasteiger partial charge is 0.496 e. The third kappa shape index (κ3) is 5.37. The summed E-state index contributed by atoms with van der Waals surface area (Å²) in [6.45, 7) is 4.64. The number of nitrogens with zero attached hydrogens (tertiary/aromatic N) is 1. The molecule has 4 aliphatic carbocycles. The zero-order chi connectivity index (χ0) is 28.7. The summed E-state index contributed by atoms with van der Waals surface area (Å²) >= 11 is 0. The van der Waals surface area contributed by atoms with Gasteiger partial charge >= 0.3 is 5.97 Å². The van der Waals surface area contributed by atoms with Crippen LogP contribution in [-0.2, 0) is 9.59 Å². The zero-order valence-electron chi connectivity index (χ0n) is 23.8. The fourth-order valence-corrected chi connectivity index (χ4v) is 7.31. The fraction of sp³-hybridized carbons (Fsp3) is 0.677. The van der Waals surface area contributed by atoms with E-state index in [9.17, 15) is 24.8 Å². The number of rotatable bonds is 9. The Hall–Kier alpha value is -3.28. The molecule has 4 fully saturated rings. The summed E-state index contributed by atoms with van der Waals surface area (Å²) in [4.78, 5) is 38.6. The molecule has 1 aromatic rings. The maximum atomic E-state index is 13.7. The summed E-state index contributed by atoms with van der Waals surface area (Å²) in [5, 5.41) is 25.7. The van der Waals surface area contributed by atoms with Crippen LogP contribution in [0.15, 0.2) is 12.1 Å². The number of carboxylic acid groups (broad SMARTS) is 1. The van der Waals surface area contributed by atoms with E-state index >= 15 is 0 Å². The Kier molecular flexibility index (Phi) is 7.73. The van der Waals surface area contributed by atoms with Crippen LogP contribution in [0.1, 0.15) is 94.0 Å². The van der Waals surface area contributed by atoms with E-state index in [-0.39, 0.29) is 69.8 Å². The molecule has 1 aromatic carbocycles. The van der Waals surface area contributed by atoms with Crippen molar-refractivity contribution in [1.82, 2.24) is 10.6 Å². The van der Waals surface area contributed by atoms with E-state index in [1.54, 1.807) is 13.0 Å². The van der Waals surface area contributed by atoms with Gasteiger partial charge in [-0.2, -0.15) is 5.26 Å². The minimum atomic E-state index is -0.808. The van der Waals surface area contributed by atoms with Crippen molar-refractivity contribution in [2.75, 3.05) is 13.7 Å². The third-order valence-corrected chi connectivity index (χ3v) is 10.3. The quantitative estimate of drug-likeness (QED) is 0.413. The maximum absolute atomic E-state index is 13.7. The number of methoxy groups -OCH3 is 1. The van der Waals surface area contributed by atoms with Gasteiger partial charge in [-0.3, -0.25) is 14.4 Å². The van der Waals surface area contributed by atoms with Crippen LogP contribution in [0.3, 0.4) is 0 Å². The Labute approximate surface area is 236 Å². The van der Waals surface area contributed by atoms with Gasteiger partial charge in [0.25, 0.3) is 5.91 Å². The van der Waals surface area contributed by atoms with Crippen molar-refractivity contribution in [1.29, 1.82) is 5.26 Å². The van der Waals surface area contributed by atoms with Gasteiger partial charge in [0.2, 0.25) is 5.91 Å². The molecule has 4 aliphatic rings. The van der Waals surface area contributed by atoms with Crippen molar-refractivity contribution in [3.63, 3.8) is 0 Å². The van der Waals surface area contributed by atoms with Gasteiger partial charge in [0.15, 0.2) is 0 Å². The summed E-state index contributed by atoms with van der Waals surface area (Å²) in [7, 11) is 1.45. The van der Waals surface area contributed by atoms with E-state index in [0.29, 0.717) is 32.2 Å². The summed E-state index contributed by atoms with van der Waals surface area (Å²) in [6.07, 6.45) is 8.20. The molecule has 5 rings (SSSR count). The van der Waals surface area contributed by atoms with Gasteiger partial charge in [-0.25, -0.2) is 0 Å². The molecule has 9 heteroatoms. The highest BCUT2D eigenvalue weighted by Gasteiger charge is 2.51. The van der Waals surface area contributed by atoms with Crippen LogP contribution in [0, 0.1) is 39.9 Å².